The minimum atomic E-state index is -0.0618. The Morgan fingerprint density at radius 1 is 1.50 bits per heavy atom. The molecule has 2 aromatic rings. The van der Waals surface area contributed by atoms with Gasteiger partial charge in [-0.3, -0.25) is 9.78 Å². The molecule has 1 atom stereocenters. The van der Waals surface area contributed by atoms with E-state index in [1.807, 2.05) is 12.3 Å². The summed E-state index contributed by atoms with van der Waals surface area (Å²) in [5, 5.41) is 9.82. The van der Waals surface area contributed by atoms with Crippen LogP contribution in [0.1, 0.15) is 30.1 Å². The number of carbonyl (C=O) groups excluding carboxylic acids is 1. The van der Waals surface area contributed by atoms with Crippen molar-refractivity contribution in [2.24, 2.45) is 0 Å². The maximum absolute atomic E-state index is 11.9. The van der Waals surface area contributed by atoms with Crippen molar-refractivity contribution in [2.45, 2.75) is 25.3 Å². The fraction of sp³-hybridized carbons (Fsp3) is 0.353. The van der Waals surface area contributed by atoms with E-state index in [0.29, 0.717) is 6.54 Å². The first-order valence-electron chi connectivity index (χ1n) is 7.57. The zero-order chi connectivity index (χ0) is 15.1. The van der Waals surface area contributed by atoms with Crippen molar-refractivity contribution >= 4 is 22.9 Å². The second-order valence-corrected chi connectivity index (χ2v) is 5.87. The highest BCUT2D eigenvalue weighted by molar-refractivity contribution is 5.90. The number of nitriles is 1. The molecule has 0 aromatic carbocycles. The third-order valence-corrected chi connectivity index (χ3v) is 4.61. The Balaban J connectivity index is 1.69. The van der Waals surface area contributed by atoms with Gasteiger partial charge in [-0.1, -0.05) is 12.2 Å². The van der Waals surface area contributed by atoms with Crippen LogP contribution >= 0.6 is 0 Å². The number of nitrogens with zero attached hydrogens (tertiary/aromatic N) is 4. The molecule has 0 saturated carbocycles. The quantitative estimate of drug-likeness (QED) is 0.853. The molecule has 1 saturated heterocycles. The largest absolute Gasteiger partial charge is 0.342 e. The van der Waals surface area contributed by atoms with E-state index in [2.05, 4.69) is 34.0 Å². The van der Waals surface area contributed by atoms with Crippen LogP contribution < -0.4 is 0 Å². The van der Waals surface area contributed by atoms with Crippen molar-refractivity contribution in [2.75, 3.05) is 13.1 Å². The van der Waals surface area contributed by atoms with Gasteiger partial charge in [0.15, 0.2) is 0 Å². The van der Waals surface area contributed by atoms with Crippen molar-refractivity contribution in [1.82, 2.24) is 14.5 Å². The fourth-order valence-corrected chi connectivity index (χ4v) is 3.52. The second kappa shape index (κ2) is 4.99. The van der Waals surface area contributed by atoms with E-state index in [9.17, 15) is 4.79 Å². The maximum atomic E-state index is 11.9. The first kappa shape index (κ1) is 13.1. The van der Waals surface area contributed by atoms with E-state index in [1.54, 1.807) is 4.90 Å². The topological polar surface area (TPSA) is 61.9 Å². The van der Waals surface area contributed by atoms with Gasteiger partial charge in [0, 0.05) is 42.9 Å². The van der Waals surface area contributed by atoms with Crippen molar-refractivity contribution in [3.05, 3.63) is 35.8 Å². The predicted octanol–water partition coefficient (Wildman–Crippen LogP) is 2.29. The number of hydrogen-bond acceptors (Lipinski definition) is 3. The molecule has 2 aliphatic rings. The average molecular weight is 292 g/mol. The van der Waals surface area contributed by atoms with Crippen molar-refractivity contribution in [1.29, 1.82) is 5.26 Å². The summed E-state index contributed by atoms with van der Waals surface area (Å²) in [5.41, 5.74) is 3.56. The van der Waals surface area contributed by atoms with Crippen LogP contribution in [0, 0.1) is 11.3 Å². The van der Waals surface area contributed by atoms with Gasteiger partial charge in [0.25, 0.3) is 0 Å². The van der Waals surface area contributed by atoms with Crippen LogP contribution in [0.4, 0.5) is 0 Å². The lowest BCUT2D eigenvalue weighted by atomic mass is 10.1. The molecule has 5 heteroatoms. The van der Waals surface area contributed by atoms with Gasteiger partial charge in [-0.15, -0.1) is 0 Å². The van der Waals surface area contributed by atoms with E-state index < -0.39 is 0 Å². The zero-order valence-electron chi connectivity index (χ0n) is 12.2. The minimum absolute atomic E-state index is 0.0266. The monoisotopic (exact) mass is 292 g/mol. The normalized spacial score (nSPS) is 19.6. The van der Waals surface area contributed by atoms with E-state index in [1.165, 1.54) is 11.1 Å². The summed E-state index contributed by atoms with van der Waals surface area (Å²) in [4.78, 5) is 18.2. The third kappa shape index (κ3) is 1.92. The Kier molecular flexibility index (Phi) is 2.97. The molecule has 1 aliphatic heterocycles. The standard InChI is InChI=1S/C17H16N4O/c18-7-4-16(22)20-8-6-13(11-20)21-9-5-12-10-19-15-3-1-2-14(15)17(12)21/h1-2,5,9-10,13H,3-4,6,8,11H2. The van der Waals surface area contributed by atoms with Crippen LogP contribution in [-0.2, 0) is 11.2 Å². The van der Waals surface area contributed by atoms with Gasteiger partial charge in [-0.25, -0.2) is 0 Å². The van der Waals surface area contributed by atoms with Crippen LogP contribution in [0.5, 0.6) is 0 Å². The SMILES string of the molecule is N#CCC(=O)N1CCC(n2ccc3cnc4c(c32)C=CC4)C1. The van der Waals surface area contributed by atoms with Gasteiger partial charge in [0.1, 0.15) is 6.42 Å². The molecule has 0 N–H and O–H groups in total. The number of aromatic nitrogens is 2. The molecule has 2 aromatic heterocycles. The Bertz CT molecular complexity index is 827. The van der Waals surface area contributed by atoms with Gasteiger partial charge in [0.2, 0.25) is 5.91 Å². The zero-order valence-corrected chi connectivity index (χ0v) is 12.2. The number of fused-ring (bicyclic) bond motifs is 3. The highest BCUT2D eigenvalue weighted by Gasteiger charge is 2.28. The van der Waals surface area contributed by atoms with Gasteiger partial charge in [-0.2, -0.15) is 5.26 Å². The number of allylic oxidation sites excluding steroid dienone is 1. The molecule has 1 unspecified atom stereocenters. The van der Waals surface area contributed by atoms with Gasteiger partial charge >= 0.3 is 0 Å². The maximum Gasteiger partial charge on any atom is 0.236 e. The Morgan fingerprint density at radius 3 is 3.27 bits per heavy atom. The number of hydrogen-bond donors (Lipinski definition) is 0. The van der Waals surface area contributed by atoms with E-state index >= 15 is 0 Å². The van der Waals surface area contributed by atoms with Crippen LogP contribution in [-0.4, -0.2) is 33.4 Å². The first-order chi connectivity index (χ1) is 10.8. The molecule has 3 heterocycles. The van der Waals surface area contributed by atoms with Crippen molar-refractivity contribution in [3.63, 3.8) is 0 Å². The molecular formula is C17H16N4O. The number of pyridine rings is 1. The smallest absolute Gasteiger partial charge is 0.236 e. The first-order valence-corrected chi connectivity index (χ1v) is 7.57. The lowest BCUT2D eigenvalue weighted by Gasteiger charge is -2.17. The minimum Gasteiger partial charge on any atom is -0.342 e. The summed E-state index contributed by atoms with van der Waals surface area (Å²) in [7, 11) is 0. The van der Waals surface area contributed by atoms with Crippen LogP contribution in [0.25, 0.3) is 17.0 Å². The highest BCUT2D eigenvalue weighted by Crippen LogP contribution is 2.32. The van der Waals surface area contributed by atoms with Crippen molar-refractivity contribution in [3.8, 4) is 6.07 Å². The Labute approximate surface area is 128 Å². The third-order valence-electron chi connectivity index (χ3n) is 4.61. The molecule has 0 spiro atoms. The number of likely N-dealkylation sites (tertiary alicyclic amines) is 1. The molecule has 1 fully saturated rings. The van der Waals surface area contributed by atoms with Crippen LogP contribution in [0.3, 0.4) is 0 Å². The number of amides is 1. The molecule has 4 rings (SSSR count). The summed E-state index contributed by atoms with van der Waals surface area (Å²) < 4.78 is 2.28. The fourth-order valence-electron chi connectivity index (χ4n) is 3.52. The molecule has 1 aliphatic carbocycles. The van der Waals surface area contributed by atoms with Gasteiger partial charge < -0.3 is 9.47 Å². The molecule has 110 valence electrons. The highest BCUT2D eigenvalue weighted by atomic mass is 16.2. The predicted molar refractivity (Wildman–Crippen MR) is 82.9 cm³/mol. The Morgan fingerprint density at radius 2 is 2.41 bits per heavy atom. The van der Waals surface area contributed by atoms with Gasteiger partial charge in [0.05, 0.1) is 23.3 Å². The van der Waals surface area contributed by atoms with Crippen molar-refractivity contribution < 1.29 is 4.79 Å². The van der Waals surface area contributed by atoms with Gasteiger partial charge in [-0.05, 0) is 12.5 Å². The number of rotatable bonds is 2. The second-order valence-electron chi connectivity index (χ2n) is 5.87. The van der Waals surface area contributed by atoms with E-state index in [0.717, 1.165) is 30.5 Å². The average Bonchev–Trinajstić information content (AvgIpc) is 3.24. The van der Waals surface area contributed by atoms with Crippen LogP contribution in [0.2, 0.25) is 0 Å². The van der Waals surface area contributed by atoms with E-state index in [-0.39, 0.29) is 18.4 Å². The number of carbonyl (C=O) groups is 1. The molecule has 5 nitrogen and oxygen atoms in total. The summed E-state index contributed by atoms with van der Waals surface area (Å²) in [6.07, 6.45) is 10.1. The molecule has 0 bridgehead atoms. The molecular weight excluding hydrogens is 276 g/mol. The molecule has 1 amide bonds. The van der Waals surface area contributed by atoms with E-state index in [4.69, 9.17) is 5.26 Å². The molecule has 0 radical (unpaired) electrons. The molecule has 22 heavy (non-hydrogen) atoms. The lowest BCUT2D eigenvalue weighted by molar-refractivity contribution is -0.129. The Hall–Kier alpha value is -2.61. The summed E-state index contributed by atoms with van der Waals surface area (Å²) in [5.74, 6) is -0.0618. The van der Waals surface area contributed by atoms with Crippen LogP contribution in [0.15, 0.2) is 24.5 Å². The summed E-state index contributed by atoms with van der Waals surface area (Å²) >= 11 is 0. The lowest BCUT2D eigenvalue weighted by Crippen LogP contribution is -2.28. The summed E-state index contributed by atoms with van der Waals surface area (Å²) in [6, 6.07) is 4.31. The summed E-state index contributed by atoms with van der Waals surface area (Å²) in [6.45, 7) is 1.42.